The highest BCUT2D eigenvalue weighted by Gasteiger charge is 2.29. The predicted octanol–water partition coefficient (Wildman–Crippen LogP) is 2.81. The highest BCUT2D eigenvalue weighted by molar-refractivity contribution is 7.89. The van der Waals surface area contributed by atoms with Gasteiger partial charge in [-0.2, -0.15) is 5.26 Å². The lowest BCUT2D eigenvalue weighted by Gasteiger charge is -2.34. The summed E-state index contributed by atoms with van der Waals surface area (Å²) in [6.45, 7) is 4.44. The molecule has 0 radical (unpaired) electrons. The molecule has 1 aliphatic carbocycles. The van der Waals surface area contributed by atoms with Crippen molar-refractivity contribution in [1.29, 1.82) is 5.26 Å². The normalized spacial score (nSPS) is 19.4. The Morgan fingerprint density at radius 3 is 2.25 bits per heavy atom. The van der Waals surface area contributed by atoms with E-state index in [-0.39, 0.29) is 10.9 Å². The monoisotopic (exact) mass is 292 g/mol. The van der Waals surface area contributed by atoms with Crippen LogP contribution in [0.5, 0.6) is 0 Å². The molecule has 0 aromatic heterocycles. The molecule has 0 atom stereocenters. The summed E-state index contributed by atoms with van der Waals surface area (Å²) >= 11 is 0. The number of nitrogens with zero attached hydrogens (tertiary/aromatic N) is 1. The second kappa shape index (κ2) is 5.55. The van der Waals surface area contributed by atoms with Gasteiger partial charge in [-0.05, 0) is 55.4 Å². The van der Waals surface area contributed by atoms with Crippen LogP contribution in [0.2, 0.25) is 0 Å². The van der Waals surface area contributed by atoms with Crippen molar-refractivity contribution in [3.05, 3.63) is 29.8 Å². The van der Waals surface area contributed by atoms with E-state index < -0.39 is 10.0 Å². The molecule has 0 unspecified atom stereocenters. The number of benzene rings is 1. The minimum absolute atomic E-state index is 0.0173. The first-order chi connectivity index (χ1) is 9.32. The fourth-order valence-corrected chi connectivity index (χ4v) is 3.82. The number of sulfonamides is 1. The van der Waals surface area contributed by atoms with E-state index in [2.05, 4.69) is 18.6 Å². The molecule has 1 N–H and O–H groups in total. The van der Waals surface area contributed by atoms with E-state index in [9.17, 15) is 8.42 Å². The number of hydrogen-bond acceptors (Lipinski definition) is 3. The van der Waals surface area contributed by atoms with E-state index in [1.165, 1.54) is 24.3 Å². The first-order valence-corrected chi connectivity index (χ1v) is 8.33. The summed E-state index contributed by atoms with van der Waals surface area (Å²) in [5.74, 6) is 0. The van der Waals surface area contributed by atoms with Crippen molar-refractivity contribution in [2.24, 2.45) is 5.41 Å². The summed E-state index contributed by atoms with van der Waals surface area (Å²) < 4.78 is 27.3. The van der Waals surface area contributed by atoms with Gasteiger partial charge in [0.25, 0.3) is 0 Å². The van der Waals surface area contributed by atoms with E-state index in [1.54, 1.807) is 0 Å². The van der Waals surface area contributed by atoms with Crippen molar-refractivity contribution in [2.45, 2.75) is 50.5 Å². The first kappa shape index (κ1) is 15.0. The standard InChI is InChI=1S/C15H20N2O2S/c1-15(2)9-7-13(8-10-15)17-20(18,19)14-5-3-12(11-16)4-6-14/h3-6,13,17H,7-10H2,1-2H3. The minimum Gasteiger partial charge on any atom is -0.208 e. The molecule has 0 bridgehead atoms. The predicted molar refractivity (Wildman–Crippen MR) is 77.5 cm³/mol. The smallest absolute Gasteiger partial charge is 0.208 e. The highest BCUT2D eigenvalue weighted by atomic mass is 32.2. The quantitative estimate of drug-likeness (QED) is 0.931. The molecule has 5 heteroatoms. The number of nitriles is 1. The average molecular weight is 292 g/mol. The van der Waals surface area contributed by atoms with Gasteiger partial charge < -0.3 is 0 Å². The number of nitrogens with one attached hydrogen (secondary N) is 1. The second-order valence-corrected chi connectivity index (χ2v) is 7.91. The molecule has 1 aromatic carbocycles. The molecule has 0 aliphatic heterocycles. The molecule has 1 aliphatic rings. The van der Waals surface area contributed by atoms with Crippen molar-refractivity contribution in [2.75, 3.05) is 0 Å². The Bertz CT molecular complexity index is 602. The van der Waals surface area contributed by atoms with Crippen molar-refractivity contribution >= 4 is 10.0 Å². The van der Waals surface area contributed by atoms with Crippen LogP contribution < -0.4 is 4.72 Å². The lowest BCUT2D eigenvalue weighted by molar-refractivity contribution is 0.218. The van der Waals surface area contributed by atoms with Crippen LogP contribution in [-0.4, -0.2) is 14.5 Å². The molecule has 1 saturated carbocycles. The molecule has 1 fully saturated rings. The van der Waals surface area contributed by atoms with Crippen LogP contribution in [-0.2, 0) is 10.0 Å². The lowest BCUT2D eigenvalue weighted by atomic mass is 9.76. The van der Waals surface area contributed by atoms with E-state index in [1.807, 2.05) is 6.07 Å². The van der Waals surface area contributed by atoms with Gasteiger partial charge in [-0.1, -0.05) is 13.8 Å². The van der Waals surface area contributed by atoms with Crippen LogP contribution in [0.1, 0.15) is 45.1 Å². The Morgan fingerprint density at radius 2 is 1.75 bits per heavy atom. The third-order valence-electron chi connectivity index (χ3n) is 3.95. The highest BCUT2D eigenvalue weighted by Crippen LogP contribution is 2.35. The van der Waals surface area contributed by atoms with Gasteiger partial charge in [0.15, 0.2) is 0 Å². The van der Waals surface area contributed by atoms with Crippen LogP contribution >= 0.6 is 0 Å². The van der Waals surface area contributed by atoms with Crippen LogP contribution in [0.15, 0.2) is 29.2 Å². The van der Waals surface area contributed by atoms with E-state index in [4.69, 9.17) is 5.26 Å². The molecule has 0 heterocycles. The van der Waals surface area contributed by atoms with Crippen molar-refractivity contribution in [3.8, 4) is 6.07 Å². The molecule has 0 amide bonds. The third-order valence-corrected chi connectivity index (χ3v) is 5.49. The molecule has 2 rings (SSSR count). The van der Waals surface area contributed by atoms with Crippen molar-refractivity contribution in [1.82, 2.24) is 4.72 Å². The van der Waals surface area contributed by atoms with Gasteiger partial charge in [-0.3, -0.25) is 0 Å². The Morgan fingerprint density at radius 1 is 1.20 bits per heavy atom. The van der Waals surface area contributed by atoms with Gasteiger partial charge in [0.2, 0.25) is 10.0 Å². The van der Waals surface area contributed by atoms with Gasteiger partial charge >= 0.3 is 0 Å². The zero-order valence-corrected chi connectivity index (χ0v) is 12.7. The molecule has 20 heavy (non-hydrogen) atoms. The fourth-order valence-electron chi connectivity index (χ4n) is 2.51. The molecule has 0 saturated heterocycles. The molecule has 108 valence electrons. The molecular weight excluding hydrogens is 272 g/mol. The van der Waals surface area contributed by atoms with Gasteiger partial charge in [0.05, 0.1) is 16.5 Å². The average Bonchev–Trinajstić information content (AvgIpc) is 2.41. The van der Waals surface area contributed by atoms with Crippen molar-refractivity contribution < 1.29 is 8.42 Å². The maximum absolute atomic E-state index is 12.3. The second-order valence-electron chi connectivity index (χ2n) is 6.20. The van der Waals surface area contributed by atoms with Crippen LogP contribution in [0.3, 0.4) is 0 Å². The summed E-state index contributed by atoms with van der Waals surface area (Å²) in [7, 11) is -3.48. The molecular formula is C15H20N2O2S. The maximum Gasteiger partial charge on any atom is 0.240 e. The Kier molecular flexibility index (Phi) is 4.17. The van der Waals surface area contributed by atoms with Gasteiger partial charge in [0.1, 0.15) is 0 Å². The van der Waals surface area contributed by atoms with Gasteiger partial charge in [-0.25, -0.2) is 13.1 Å². The molecule has 0 spiro atoms. The Hall–Kier alpha value is -1.38. The summed E-state index contributed by atoms with van der Waals surface area (Å²) in [4.78, 5) is 0.223. The van der Waals surface area contributed by atoms with Crippen molar-refractivity contribution in [3.63, 3.8) is 0 Å². The van der Waals surface area contributed by atoms with Crippen LogP contribution in [0.4, 0.5) is 0 Å². The topological polar surface area (TPSA) is 70.0 Å². The number of rotatable bonds is 3. The summed E-state index contributed by atoms with van der Waals surface area (Å²) in [5, 5.41) is 8.73. The van der Waals surface area contributed by atoms with E-state index in [0.29, 0.717) is 11.0 Å². The minimum atomic E-state index is -3.48. The van der Waals surface area contributed by atoms with E-state index in [0.717, 1.165) is 25.7 Å². The maximum atomic E-state index is 12.3. The summed E-state index contributed by atoms with van der Waals surface area (Å²) in [6, 6.07) is 8.01. The number of hydrogen-bond donors (Lipinski definition) is 1. The van der Waals surface area contributed by atoms with Gasteiger partial charge in [-0.15, -0.1) is 0 Å². The first-order valence-electron chi connectivity index (χ1n) is 6.85. The SMILES string of the molecule is CC1(C)CCC(NS(=O)(=O)c2ccc(C#N)cc2)CC1. The summed E-state index contributed by atoms with van der Waals surface area (Å²) in [5.41, 5.74) is 0.777. The van der Waals surface area contributed by atoms with Gasteiger partial charge in [0, 0.05) is 6.04 Å². The zero-order valence-electron chi connectivity index (χ0n) is 11.9. The Labute approximate surface area is 120 Å². The van der Waals surface area contributed by atoms with Crippen LogP contribution in [0.25, 0.3) is 0 Å². The largest absolute Gasteiger partial charge is 0.240 e. The zero-order chi connectivity index (χ0) is 14.8. The molecule has 1 aromatic rings. The fraction of sp³-hybridized carbons (Fsp3) is 0.533. The lowest BCUT2D eigenvalue weighted by Crippen LogP contribution is -2.39. The third kappa shape index (κ3) is 3.59. The van der Waals surface area contributed by atoms with Crippen LogP contribution in [0, 0.1) is 16.7 Å². The molecule has 4 nitrogen and oxygen atoms in total. The Balaban J connectivity index is 2.06. The van der Waals surface area contributed by atoms with E-state index >= 15 is 0 Å². The summed E-state index contributed by atoms with van der Waals surface area (Å²) in [6.07, 6.45) is 3.83.